The molecule has 3 nitrogen and oxygen atoms in total. The van der Waals surface area contributed by atoms with Gasteiger partial charge in [-0.15, -0.1) is 0 Å². The Kier molecular flexibility index (Phi) is 3.09. The maximum atomic E-state index is 8.80. The molecule has 3 heteroatoms. The molecule has 0 aliphatic carbocycles. The molecule has 0 amide bonds. The summed E-state index contributed by atoms with van der Waals surface area (Å²) in [4.78, 5) is 0. The second-order valence-corrected chi connectivity index (χ2v) is 9.66. The number of aryl methyl sites for hydroxylation is 2. The van der Waals surface area contributed by atoms with Crippen molar-refractivity contribution in [1.82, 2.24) is 4.57 Å². The Labute approximate surface area is 222 Å². The van der Waals surface area contributed by atoms with Crippen LogP contribution >= 0.6 is 0 Å². The number of hydrogen-bond acceptors (Lipinski definition) is 1. The van der Waals surface area contributed by atoms with Gasteiger partial charge in [0.25, 0.3) is 0 Å². The number of fused-ring (bicyclic) bond motifs is 6. The van der Waals surface area contributed by atoms with Crippen molar-refractivity contribution in [2.45, 2.75) is 32.8 Å². The van der Waals surface area contributed by atoms with Gasteiger partial charge in [-0.1, -0.05) is 54.0 Å². The van der Waals surface area contributed by atoms with E-state index >= 15 is 0 Å². The van der Waals surface area contributed by atoms with Gasteiger partial charge in [0.15, 0.2) is 12.3 Å². The highest BCUT2D eigenvalue weighted by atomic mass is 16.5. The van der Waals surface area contributed by atoms with Crippen molar-refractivity contribution in [2.24, 2.45) is 0 Å². The van der Waals surface area contributed by atoms with E-state index in [0.717, 1.165) is 22.4 Å². The third-order valence-electron chi connectivity index (χ3n) is 7.48. The number of rotatable bonds is 2. The molecule has 36 heavy (non-hydrogen) atoms. The largest absolute Gasteiger partial charge is 0.478 e. The smallest absolute Gasteiger partial charge is 0.230 e. The highest BCUT2D eigenvalue weighted by Crippen LogP contribution is 2.44. The van der Waals surface area contributed by atoms with Gasteiger partial charge in [0.2, 0.25) is 5.71 Å². The lowest BCUT2D eigenvalue weighted by atomic mass is 9.85. The Balaban J connectivity index is 1.48. The van der Waals surface area contributed by atoms with Crippen LogP contribution in [0.15, 0.2) is 90.9 Å². The maximum Gasteiger partial charge on any atom is 0.230 e. The zero-order valence-electron chi connectivity index (χ0n) is 28.5. The summed E-state index contributed by atoms with van der Waals surface area (Å²) < 4.78 is 78.6. The third kappa shape index (κ3) is 2.95. The second kappa shape index (κ2) is 7.69. The van der Waals surface area contributed by atoms with E-state index in [1.54, 1.807) is 6.07 Å². The summed E-state index contributed by atoms with van der Waals surface area (Å²) in [6, 6.07) is 6.74. The van der Waals surface area contributed by atoms with Crippen molar-refractivity contribution in [3.63, 3.8) is 0 Å². The molecular formula is C33H29N2O+. The Morgan fingerprint density at radius 3 is 2.31 bits per heavy atom. The van der Waals surface area contributed by atoms with Crippen LogP contribution in [0.2, 0.25) is 0 Å². The SMILES string of the molecule is [2H]c1c([2H])c([2H])c2c(c1[2H])c1c([2H])c([2H])c([2H])c([2H])c1n2-c1ccc2c(c1)OC1C(c3cc(C)cc(C)c3C)=[N+](C)C=CC21. The van der Waals surface area contributed by atoms with E-state index in [-0.39, 0.29) is 58.0 Å². The van der Waals surface area contributed by atoms with Gasteiger partial charge in [0, 0.05) is 33.7 Å². The maximum absolute atomic E-state index is 8.80. The molecule has 0 N–H and O–H groups in total. The van der Waals surface area contributed by atoms with Gasteiger partial charge in [0.1, 0.15) is 12.8 Å². The summed E-state index contributed by atoms with van der Waals surface area (Å²) >= 11 is 0. The molecule has 0 saturated carbocycles. The van der Waals surface area contributed by atoms with Gasteiger partial charge in [0.05, 0.1) is 27.9 Å². The summed E-state index contributed by atoms with van der Waals surface area (Å²) in [5, 5.41) is 0.108. The number of aromatic nitrogens is 1. The molecule has 2 unspecified atom stereocenters. The number of nitrogens with zero attached hydrogens (tertiary/aromatic N) is 2. The summed E-state index contributed by atoms with van der Waals surface area (Å²) in [5.41, 5.74) is 7.31. The topological polar surface area (TPSA) is 17.2 Å². The summed E-state index contributed by atoms with van der Waals surface area (Å²) in [7, 11) is 2.01. The minimum Gasteiger partial charge on any atom is -0.478 e. The molecule has 2 aliphatic heterocycles. The molecule has 0 radical (unpaired) electrons. The Hall–Kier alpha value is -4.11. The number of benzene rings is 4. The van der Waals surface area contributed by atoms with Crippen molar-refractivity contribution in [3.8, 4) is 11.4 Å². The highest BCUT2D eigenvalue weighted by molar-refractivity contribution is 6.09. The summed E-state index contributed by atoms with van der Waals surface area (Å²) in [5.74, 6) is 0.548. The van der Waals surface area contributed by atoms with Crippen molar-refractivity contribution in [2.75, 3.05) is 7.05 Å². The number of hydrogen-bond donors (Lipinski definition) is 0. The van der Waals surface area contributed by atoms with E-state index < -0.39 is 24.2 Å². The van der Waals surface area contributed by atoms with Crippen LogP contribution in [0.1, 0.15) is 44.7 Å². The van der Waals surface area contributed by atoms with Gasteiger partial charge in [-0.25, -0.2) is 4.58 Å². The summed E-state index contributed by atoms with van der Waals surface area (Å²) in [6.07, 6.45) is 3.87. The van der Waals surface area contributed by atoms with Crippen LogP contribution < -0.4 is 4.74 Å². The minimum atomic E-state index is -0.462. The third-order valence-corrected chi connectivity index (χ3v) is 7.48. The Morgan fingerprint density at radius 2 is 1.58 bits per heavy atom. The van der Waals surface area contributed by atoms with Gasteiger partial charge < -0.3 is 9.30 Å². The molecule has 4 aromatic carbocycles. The molecule has 1 aromatic heterocycles. The monoisotopic (exact) mass is 477 g/mol. The van der Waals surface area contributed by atoms with Crippen LogP contribution in [0.5, 0.6) is 5.75 Å². The lowest BCUT2D eigenvalue weighted by Crippen LogP contribution is -2.37. The quantitative estimate of drug-likeness (QED) is 0.246. The molecule has 2 atom stereocenters. The van der Waals surface area contributed by atoms with Crippen molar-refractivity contribution >= 4 is 27.5 Å². The van der Waals surface area contributed by atoms with Crippen LogP contribution in [0.25, 0.3) is 27.5 Å². The first-order valence-electron chi connectivity index (χ1n) is 16.0. The summed E-state index contributed by atoms with van der Waals surface area (Å²) in [6.45, 7) is 6.30. The zero-order chi connectivity index (χ0) is 31.5. The van der Waals surface area contributed by atoms with Gasteiger partial charge in [-0.05, 0) is 62.2 Å². The molecule has 7 rings (SSSR count). The molecule has 0 fully saturated rings. The molecular weight excluding hydrogens is 440 g/mol. The predicted molar refractivity (Wildman–Crippen MR) is 148 cm³/mol. The van der Waals surface area contributed by atoms with Gasteiger partial charge in [-0.3, -0.25) is 0 Å². The minimum absolute atomic E-state index is 0.0542. The normalized spacial score (nSPS) is 21.7. The highest BCUT2D eigenvalue weighted by Gasteiger charge is 2.44. The van der Waals surface area contributed by atoms with Crippen molar-refractivity contribution in [1.29, 1.82) is 0 Å². The van der Waals surface area contributed by atoms with Crippen LogP contribution in [0, 0.1) is 20.8 Å². The van der Waals surface area contributed by atoms with E-state index in [4.69, 9.17) is 15.7 Å². The van der Waals surface area contributed by atoms with E-state index in [2.05, 4.69) is 49.8 Å². The fourth-order valence-corrected chi connectivity index (χ4v) is 5.67. The van der Waals surface area contributed by atoms with E-state index in [1.807, 2.05) is 19.2 Å². The standard InChI is InChI=1S/C33H29N2O/c1-20-17-21(2)22(3)28(18-20)32-33-27(15-16-34(32)4)26-14-13-23(19-31(26)36-33)35-29-11-7-5-9-24(29)25-10-6-8-12-30(25)35/h5-19,27,33H,1-4H3/q+1/i5D,6D,7D,8D,9D,10D,11D,12D. The van der Waals surface area contributed by atoms with Crippen molar-refractivity contribution in [3.05, 3.63) is 119 Å². The molecule has 2 aliphatic rings. The molecule has 176 valence electrons. The number of para-hydroxylation sites is 2. The average Bonchev–Trinajstić information content (AvgIpc) is 3.55. The van der Waals surface area contributed by atoms with Crippen LogP contribution in [-0.4, -0.2) is 28.0 Å². The average molecular weight is 478 g/mol. The van der Waals surface area contributed by atoms with Gasteiger partial charge in [-0.2, -0.15) is 0 Å². The van der Waals surface area contributed by atoms with Gasteiger partial charge >= 0.3 is 0 Å². The van der Waals surface area contributed by atoms with Crippen LogP contribution in [0.3, 0.4) is 0 Å². The van der Waals surface area contributed by atoms with Crippen molar-refractivity contribution < 1.29 is 20.3 Å². The molecule has 0 spiro atoms. The van der Waals surface area contributed by atoms with Crippen LogP contribution in [0.4, 0.5) is 0 Å². The van der Waals surface area contributed by atoms with E-state index in [1.165, 1.54) is 15.7 Å². The molecule has 0 bridgehead atoms. The fourth-order valence-electron chi connectivity index (χ4n) is 5.67. The first kappa shape index (κ1) is 14.4. The fraction of sp³-hybridized carbons (Fsp3) is 0.182. The number of ether oxygens (including phenoxy) is 1. The van der Waals surface area contributed by atoms with E-state index in [0.29, 0.717) is 11.4 Å². The Bertz CT molecular complexity index is 2120. The molecule has 5 aromatic rings. The molecule has 0 saturated heterocycles. The first-order chi connectivity index (χ1) is 20.8. The predicted octanol–water partition coefficient (Wildman–Crippen LogP) is 7.21. The lowest BCUT2D eigenvalue weighted by molar-refractivity contribution is -0.427. The first-order valence-corrected chi connectivity index (χ1v) is 12.0. The van der Waals surface area contributed by atoms with Crippen LogP contribution in [-0.2, 0) is 0 Å². The Morgan fingerprint density at radius 1 is 0.889 bits per heavy atom. The zero-order valence-corrected chi connectivity index (χ0v) is 20.5. The van der Waals surface area contributed by atoms with E-state index in [9.17, 15) is 0 Å². The lowest BCUT2D eigenvalue weighted by Gasteiger charge is -2.21. The second-order valence-electron chi connectivity index (χ2n) is 9.66. The molecule has 3 heterocycles.